The summed E-state index contributed by atoms with van der Waals surface area (Å²) in [5.74, 6) is 0.528. The molecule has 0 atom stereocenters. The molecule has 2 N–H and O–H groups in total. The lowest BCUT2D eigenvalue weighted by Gasteiger charge is -2.14. The summed E-state index contributed by atoms with van der Waals surface area (Å²) in [4.78, 5) is 14.3. The number of carbonyl (C=O) groups is 1. The highest BCUT2D eigenvalue weighted by molar-refractivity contribution is 7.92. The fourth-order valence-corrected chi connectivity index (χ4v) is 5.40. The molecular formula is C23H26N2O5S2. The first-order valence-electron chi connectivity index (χ1n) is 10.1. The monoisotopic (exact) mass is 474 g/mol. The van der Waals surface area contributed by atoms with Crippen molar-refractivity contribution in [3.63, 3.8) is 0 Å². The number of carbonyl (C=O) groups excluding carboxylic acids is 1. The molecule has 0 bridgehead atoms. The van der Waals surface area contributed by atoms with Gasteiger partial charge in [0.2, 0.25) is 0 Å². The van der Waals surface area contributed by atoms with E-state index in [0.29, 0.717) is 28.6 Å². The number of methoxy groups -OCH3 is 1. The fraction of sp³-hybridized carbons (Fsp3) is 0.261. The highest BCUT2D eigenvalue weighted by Gasteiger charge is 2.21. The summed E-state index contributed by atoms with van der Waals surface area (Å²) in [5, 5.41) is 2.78. The van der Waals surface area contributed by atoms with Crippen LogP contribution < -0.4 is 19.5 Å². The molecule has 0 unspecified atom stereocenters. The van der Waals surface area contributed by atoms with Gasteiger partial charge in [0.1, 0.15) is 16.4 Å². The van der Waals surface area contributed by atoms with Crippen LogP contribution in [0.5, 0.6) is 11.5 Å². The molecule has 0 radical (unpaired) electrons. The van der Waals surface area contributed by atoms with Gasteiger partial charge < -0.3 is 14.8 Å². The first-order chi connectivity index (χ1) is 15.3. The van der Waals surface area contributed by atoms with Crippen LogP contribution >= 0.6 is 11.3 Å². The summed E-state index contributed by atoms with van der Waals surface area (Å²) in [6, 6.07) is 13.0. The number of benzene rings is 2. The van der Waals surface area contributed by atoms with Crippen molar-refractivity contribution in [2.75, 3.05) is 23.8 Å². The van der Waals surface area contributed by atoms with Crippen molar-refractivity contribution in [3.8, 4) is 11.5 Å². The number of aryl methyl sites for hydroxylation is 2. The van der Waals surface area contributed by atoms with Crippen LogP contribution in [-0.2, 0) is 16.4 Å². The lowest BCUT2D eigenvalue weighted by Crippen LogP contribution is -2.15. The Kier molecular flexibility index (Phi) is 7.42. The number of ether oxygens (including phenoxy) is 2. The molecule has 0 aliphatic heterocycles. The summed E-state index contributed by atoms with van der Waals surface area (Å²) in [5.41, 5.74) is 1.86. The molecule has 0 aliphatic rings. The molecule has 3 rings (SSSR count). The number of sulfonamides is 1. The van der Waals surface area contributed by atoms with Crippen LogP contribution in [-0.4, -0.2) is 28.0 Å². The topological polar surface area (TPSA) is 93.7 Å². The van der Waals surface area contributed by atoms with Gasteiger partial charge in [-0.05, 0) is 74.4 Å². The molecule has 0 fully saturated rings. The number of nitrogens with one attached hydrogen (secondary N) is 2. The predicted octanol–water partition coefficient (Wildman–Crippen LogP) is 5.08. The van der Waals surface area contributed by atoms with Gasteiger partial charge in [-0.3, -0.25) is 9.52 Å². The number of rotatable bonds is 9. The third-order valence-corrected chi connectivity index (χ3v) is 7.25. The Labute approximate surface area is 192 Å². The molecule has 1 amide bonds. The van der Waals surface area contributed by atoms with Gasteiger partial charge >= 0.3 is 0 Å². The molecule has 170 valence electrons. The minimum absolute atomic E-state index is 0.0803. The quantitative estimate of drug-likeness (QED) is 0.451. The Morgan fingerprint density at radius 2 is 1.72 bits per heavy atom. The molecule has 2 aromatic carbocycles. The molecular weight excluding hydrogens is 448 g/mol. The molecule has 1 heterocycles. The van der Waals surface area contributed by atoms with Crippen molar-refractivity contribution in [1.82, 2.24) is 0 Å². The summed E-state index contributed by atoms with van der Waals surface area (Å²) in [7, 11) is -2.58. The maximum atomic E-state index is 13.1. The van der Waals surface area contributed by atoms with Crippen molar-refractivity contribution >= 4 is 38.6 Å². The zero-order chi connectivity index (χ0) is 23.3. The Hall–Kier alpha value is -3.04. The minimum atomic E-state index is -3.98. The summed E-state index contributed by atoms with van der Waals surface area (Å²) in [6.07, 6.45) is 0.845. The van der Waals surface area contributed by atoms with Crippen LogP contribution in [0.3, 0.4) is 0 Å². The average Bonchev–Trinajstić information content (AvgIpc) is 3.16. The highest BCUT2D eigenvalue weighted by atomic mass is 32.2. The van der Waals surface area contributed by atoms with Crippen molar-refractivity contribution in [2.24, 2.45) is 0 Å². The number of anilines is 2. The van der Waals surface area contributed by atoms with E-state index in [1.165, 1.54) is 30.6 Å². The zero-order valence-electron chi connectivity index (χ0n) is 18.4. The maximum Gasteiger partial charge on any atom is 0.265 e. The Morgan fingerprint density at radius 1 is 1.03 bits per heavy atom. The standard InChI is InChI=1S/C23H26N2O5S2/c1-5-16-13-21(31-15(16)3)23(26)24-18-9-12-20(29-4)22(14-18)32(27,28)25-17-7-10-19(11-8-17)30-6-2/h7-14,25H,5-6H2,1-4H3,(H,24,26). The second-order valence-electron chi connectivity index (χ2n) is 6.93. The van der Waals surface area contributed by atoms with Crippen molar-refractivity contribution in [2.45, 2.75) is 32.1 Å². The third kappa shape index (κ3) is 5.41. The number of hydrogen-bond acceptors (Lipinski definition) is 6. The predicted molar refractivity (Wildman–Crippen MR) is 128 cm³/mol. The molecule has 9 heteroatoms. The SMILES string of the molecule is CCOc1ccc(NS(=O)(=O)c2cc(NC(=O)c3cc(CC)c(C)s3)ccc2OC)cc1. The number of thiophene rings is 1. The van der Waals surface area contributed by atoms with E-state index in [4.69, 9.17) is 9.47 Å². The number of amides is 1. The van der Waals surface area contributed by atoms with Crippen LogP contribution in [0.2, 0.25) is 0 Å². The van der Waals surface area contributed by atoms with Gasteiger partial charge in [0.25, 0.3) is 15.9 Å². The average molecular weight is 475 g/mol. The molecule has 7 nitrogen and oxygen atoms in total. The first-order valence-corrected chi connectivity index (χ1v) is 12.4. The molecule has 0 saturated carbocycles. The fourth-order valence-electron chi connectivity index (χ4n) is 3.14. The van der Waals surface area contributed by atoms with E-state index in [1.54, 1.807) is 30.3 Å². The van der Waals surface area contributed by atoms with Crippen molar-refractivity contribution < 1.29 is 22.7 Å². The largest absolute Gasteiger partial charge is 0.495 e. The van der Waals surface area contributed by atoms with Gasteiger partial charge in [0, 0.05) is 16.3 Å². The van der Waals surface area contributed by atoms with Crippen molar-refractivity contribution in [1.29, 1.82) is 0 Å². The molecule has 0 spiro atoms. The van der Waals surface area contributed by atoms with Crippen LogP contribution in [0.1, 0.15) is 34.0 Å². The van der Waals surface area contributed by atoms with Gasteiger partial charge in [0.15, 0.2) is 0 Å². The van der Waals surface area contributed by atoms with Crippen LogP contribution in [0.25, 0.3) is 0 Å². The van der Waals surface area contributed by atoms with E-state index in [0.717, 1.165) is 16.9 Å². The molecule has 32 heavy (non-hydrogen) atoms. The smallest absolute Gasteiger partial charge is 0.265 e. The molecule has 0 saturated heterocycles. The Morgan fingerprint density at radius 3 is 2.31 bits per heavy atom. The van der Waals surface area contributed by atoms with E-state index < -0.39 is 10.0 Å². The summed E-state index contributed by atoms with van der Waals surface area (Å²) >= 11 is 1.41. The van der Waals surface area contributed by atoms with Crippen LogP contribution in [0, 0.1) is 6.92 Å². The van der Waals surface area contributed by atoms with Crippen LogP contribution in [0.4, 0.5) is 11.4 Å². The lowest BCUT2D eigenvalue weighted by atomic mass is 10.2. The van der Waals surface area contributed by atoms with E-state index >= 15 is 0 Å². The van der Waals surface area contributed by atoms with Crippen molar-refractivity contribution in [3.05, 3.63) is 63.8 Å². The van der Waals surface area contributed by atoms with Gasteiger partial charge in [-0.25, -0.2) is 8.42 Å². The van der Waals surface area contributed by atoms with Gasteiger partial charge in [-0.2, -0.15) is 0 Å². The zero-order valence-corrected chi connectivity index (χ0v) is 20.0. The normalized spacial score (nSPS) is 11.1. The van der Waals surface area contributed by atoms with Gasteiger partial charge in [-0.15, -0.1) is 11.3 Å². The second-order valence-corrected chi connectivity index (χ2v) is 9.84. The van der Waals surface area contributed by atoms with E-state index in [9.17, 15) is 13.2 Å². The Bertz CT molecular complexity index is 1200. The maximum absolute atomic E-state index is 13.1. The van der Waals surface area contributed by atoms with Gasteiger partial charge in [-0.1, -0.05) is 6.92 Å². The molecule has 1 aromatic heterocycles. The first kappa shape index (κ1) is 23.6. The summed E-state index contributed by atoms with van der Waals surface area (Å²) in [6.45, 7) is 6.40. The Balaban J connectivity index is 1.85. The molecule has 0 aliphatic carbocycles. The van der Waals surface area contributed by atoms with Crippen LogP contribution in [0.15, 0.2) is 53.4 Å². The summed E-state index contributed by atoms with van der Waals surface area (Å²) < 4.78 is 39.3. The molecule has 3 aromatic rings. The second kappa shape index (κ2) is 10.1. The third-order valence-electron chi connectivity index (χ3n) is 4.75. The van der Waals surface area contributed by atoms with E-state index in [1.807, 2.05) is 26.8 Å². The van der Waals surface area contributed by atoms with Gasteiger partial charge in [0.05, 0.1) is 18.6 Å². The lowest BCUT2D eigenvalue weighted by molar-refractivity contribution is 0.103. The number of hydrogen-bond donors (Lipinski definition) is 2. The van der Waals surface area contributed by atoms with E-state index in [-0.39, 0.29) is 16.6 Å². The minimum Gasteiger partial charge on any atom is -0.495 e. The highest BCUT2D eigenvalue weighted by Crippen LogP contribution is 2.30. The van der Waals surface area contributed by atoms with E-state index in [2.05, 4.69) is 10.0 Å².